The van der Waals surface area contributed by atoms with Crippen LogP contribution in [0, 0.1) is 10.1 Å². The van der Waals surface area contributed by atoms with Crippen LogP contribution in [-0.4, -0.2) is 29.9 Å². The minimum absolute atomic E-state index is 0.111. The molecule has 0 bridgehead atoms. The van der Waals surface area contributed by atoms with Crippen molar-refractivity contribution in [2.45, 2.75) is 6.54 Å². The van der Waals surface area contributed by atoms with Crippen LogP contribution in [0.3, 0.4) is 0 Å². The Bertz CT molecular complexity index is 686. The van der Waals surface area contributed by atoms with Gasteiger partial charge in [0.25, 0.3) is 11.6 Å². The van der Waals surface area contributed by atoms with Crippen LogP contribution < -0.4 is 10.2 Å². The van der Waals surface area contributed by atoms with Gasteiger partial charge < -0.3 is 10.2 Å². The Morgan fingerprint density at radius 2 is 1.95 bits per heavy atom. The molecule has 7 nitrogen and oxygen atoms in total. The number of hydrogen-bond acceptors (Lipinski definition) is 5. The molecule has 2 aromatic rings. The first-order valence-electron chi connectivity index (χ1n) is 6.62. The van der Waals surface area contributed by atoms with Gasteiger partial charge in [0, 0.05) is 50.9 Å². The second-order valence-electron chi connectivity index (χ2n) is 4.89. The smallest absolute Gasteiger partial charge is 0.270 e. The Labute approximate surface area is 127 Å². The van der Waals surface area contributed by atoms with Crippen LogP contribution >= 0.6 is 0 Å². The minimum Gasteiger partial charge on any atom is -0.377 e. The number of nitrogens with zero attached hydrogens (tertiary/aromatic N) is 3. The highest BCUT2D eigenvalue weighted by atomic mass is 16.6. The third kappa shape index (κ3) is 3.57. The summed E-state index contributed by atoms with van der Waals surface area (Å²) in [5.41, 5.74) is 1.69. The molecule has 7 heteroatoms. The first kappa shape index (κ1) is 15.4. The van der Waals surface area contributed by atoms with Crippen LogP contribution in [0.15, 0.2) is 42.7 Å². The Hall–Kier alpha value is -2.96. The first-order valence-corrected chi connectivity index (χ1v) is 6.62. The van der Waals surface area contributed by atoms with Gasteiger partial charge in [0.2, 0.25) is 0 Å². The van der Waals surface area contributed by atoms with Crippen molar-refractivity contribution in [1.82, 2.24) is 10.3 Å². The number of rotatable bonds is 5. The summed E-state index contributed by atoms with van der Waals surface area (Å²) in [6.45, 7) is 0.330. The molecule has 2 rings (SSSR count). The van der Waals surface area contributed by atoms with Gasteiger partial charge in [-0.3, -0.25) is 19.9 Å². The molecule has 1 aromatic carbocycles. The zero-order valence-corrected chi connectivity index (χ0v) is 12.3. The summed E-state index contributed by atoms with van der Waals surface area (Å²) in [5.74, 6) is -0.357. The average Bonchev–Trinajstić information content (AvgIpc) is 2.52. The quantitative estimate of drug-likeness (QED) is 0.674. The second kappa shape index (κ2) is 6.66. The molecule has 22 heavy (non-hydrogen) atoms. The zero-order chi connectivity index (χ0) is 16.1. The molecule has 0 aliphatic rings. The molecule has 0 aliphatic heterocycles. The van der Waals surface area contributed by atoms with Gasteiger partial charge in [-0.15, -0.1) is 0 Å². The third-order valence-corrected chi connectivity index (χ3v) is 3.12. The number of carbonyl (C=O) groups excluding carboxylic acids is 1. The van der Waals surface area contributed by atoms with Crippen LogP contribution in [-0.2, 0) is 6.54 Å². The van der Waals surface area contributed by atoms with E-state index in [0.717, 1.165) is 5.56 Å². The maximum atomic E-state index is 12.3. The minimum atomic E-state index is -0.515. The molecule has 1 amide bonds. The number of amides is 1. The predicted octanol–water partition coefficient (Wildman–Crippen LogP) is 1.99. The number of aromatic nitrogens is 1. The average molecular weight is 300 g/mol. The molecule has 1 aromatic heterocycles. The van der Waals surface area contributed by atoms with E-state index in [-0.39, 0.29) is 17.2 Å². The van der Waals surface area contributed by atoms with Gasteiger partial charge in [-0.05, 0) is 23.8 Å². The molecule has 0 aliphatic carbocycles. The Morgan fingerprint density at radius 1 is 1.27 bits per heavy atom. The fraction of sp³-hybridized carbons (Fsp3) is 0.200. The van der Waals surface area contributed by atoms with Crippen LogP contribution in [0.2, 0.25) is 0 Å². The topological polar surface area (TPSA) is 88.4 Å². The summed E-state index contributed by atoms with van der Waals surface area (Å²) in [5, 5.41) is 13.7. The summed E-state index contributed by atoms with van der Waals surface area (Å²) < 4.78 is 0. The molecular formula is C15H16N4O3. The summed E-state index contributed by atoms with van der Waals surface area (Å²) in [6.07, 6.45) is 3.28. The lowest BCUT2D eigenvalue weighted by molar-refractivity contribution is -0.384. The van der Waals surface area contributed by atoms with Crippen molar-refractivity contribution < 1.29 is 9.72 Å². The number of nitro benzene ring substituents is 1. The van der Waals surface area contributed by atoms with E-state index in [0.29, 0.717) is 12.2 Å². The van der Waals surface area contributed by atoms with Gasteiger partial charge in [0.05, 0.1) is 10.5 Å². The number of nitro groups is 1. The van der Waals surface area contributed by atoms with Crippen molar-refractivity contribution in [3.05, 3.63) is 64.0 Å². The third-order valence-electron chi connectivity index (χ3n) is 3.12. The largest absolute Gasteiger partial charge is 0.377 e. The number of benzene rings is 1. The molecule has 0 fully saturated rings. The highest BCUT2D eigenvalue weighted by molar-refractivity contribution is 6.00. The lowest BCUT2D eigenvalue weighted by atomic mass is 10.1. The van der Waals surface area contributed by atoms with E-state index in [4.69, 9.17) is 0 Å². The maximum absolute atomic E-state index is 12.3. The second-order valence-corrected chi connectivity index (χ2v) is 4.89. The first-order chi connectivity index (χ1) is 10.5. The van der Waals surface area contributed by atoms with Gasteiger partial charge in [-0.1, -0.05) is 0 Å². The zero-order valence-electron chi connectivity index (χ0n) is 12.3. The normalized spacial score (nSPS) is 10.1. The molecule has 1 N–H and O–H groups in total. The molecule has 0 radical (unpaired) electrons. The van der Waals surface area contributed by atoms with E-state index in [1.165, 1.54) is 12.1 Å². The van der Waals surface area contributed by atoms with Crippen molar-refractivity contribution in [3.63, 3.8) is 0 Å². The van der Waals surface area contributed by atoms with E-state index in [9.17, 15) is 14.9 Å². The summed E-state index contributed by atoms with van der Waals surface area (Å²) >= 11 is 0. The van der Waals surface area contributed by atoms with Crippen molar-refractivity contribution in [2.75, 3.05) is 19.0 Å². The predicted molar refractivity (Wildman–Crippen MR) is 82.8 cm³/mol. The Kier molecular flexibility index (Phi) is 4.67. The molecular weight excluding hydrogens is 284 g/mol. The van der Waals surface area contributed by atoms with Crippen molar-refractivity contribution >= 4 is 17.3 Å². The van der Waals surface area contributed by atoms with Crippen LogP contribution in [0.5, 0.6) is 0 Å². The lowest BCUT2D eigenvalue weighted by Crippen LogP contribution is -2.25. The molecule has 0 unspecified atom stereocenters. The van der Waals surface area contributed by atoms with E-state index in [1.54, 1.807) is 49.6 Å². The van der Waals surface area contributed by atoms with E-state index >= 15 is 0 Å². The fourth-order valence-electron chi connectivity index (χ4n) is 1.99. The highest BCUT2D eigenvalue weighted by Gasteiger charge is 2.17. The molecule has 0 atom stereocenters. The van der Waals surface area contributed by atoms with Crippen molar-refractivity contribution in [3.8, 4) is 0 Å². The SMILES string of the molecule is CN(C)c1ccc([N+](=O)[O-])cc1C(=O)NCc1ccncc1. The summed E-state index contributed by atoms with van der Waals surface area (Å²) in [7, 11) is 3.56. The number of anilines is 1. The monoisotopic (exact) mass is 300 g/mol. The van der Waals surface area contributed by atoms with Gasteiger partial charge in [-0.25, -0.2) is 0 Å². The fourth-order valence-corrected chi connectivity index (χ4v) is 1.99. The number of pyridine rings is 1. The summed E-state index contributed by atoms with van der Waals surface area (Å²) in [6, 6.07) is 7.83. The molecule has 0 spiro atoms. The number of hydrogen-bond donors (Lipinski definition) is 1. The Balaban J connectivity index is 2.23. The maximum Gasteiger partial charge on any atom is 0.270 e. The van der Waals surface area contributed by atoms with E-state index in [2.05, 4.69) is 10.3 Å². The van der Waals surface area contributed by atoms with Crippen LogP contribution in [0.1, 0.15) is 15.9 Å². The standard InChI is InChI=1S/C15H16N4O3/c1-18(2)14-4-3-12(19(21)22)9-13(14)15(20)17-10-11-5-7-16-8-6-11/h3-9H,10H2,1-2H3,(H,17,20). The molecule has 114 valence electrons. The van der Waals surface area contributed by atoms with E-state index in [1.807, 2.05) is 0 Å². The number of nitrogens with one attached hydrogen (secondary N) is 1. The van der Waals surface area contributed by atoms with Crippen LogP contribution in [0.25, 0.3) is 0 Å². The number of carbonyl (C=O) groups is 1. The van der Waals surface area contributed by atoms with Crippen molar-refractivity contribution in [2.24, 2.45) is 0 Å². The van der Waals surface area contributed by atoms with Gasteiger partial charge >= 0.3 is 0 Å². The van der Waals surface area contributed by atoms with E-state index < -0.39 is 4.92 Å². The molecule has 1 heterocycles. The Morgan fingerprint density at radius 3 is 2.55 bits per heavy atom. The number of non-ortho nitro benzene ring substituents is 1. The van der Waals surface area contributed by atoms with Gasteiger partial charge in [0.1, 0.15) is 0 Å². The van der Waals surface area contributed by atoms with Crippen LogP contribution in [0.4, 0.5) is 11.4 Å². The highest BCUT2D eigenvalue weighted by Crippen LogP contribution is 2.24. The molecule has 0 saturated carbocycles. The van der Waals surface area contributed by atoms with Gasteiger partial charge in [-0.2, -0.15) is 0 Å². The lowest BCUT2D eigenvalue weighted by Gasteiger charge is -2.17. The van der Waals surface area contributed by atoms with Gasteiger partial charge in [0.15, 0.2) is 0 Å². The van der Waals surface area contributed by atoms with Crippen molar-refractivity contribution in [1.29, 1.82) is 0 Å². The summed E-state index contributed by atoms with van der Waals surface area (Å²) in [4.78, 5) is 28.4. The molecule has 0 saturated heterocycles.